The average Bonchev–Trinajstić information content (AvgIpc) is 2.87. The van der Waals surface area contributed by atoms with E-state index in [1.807, 2.05) is 72.5 Å². The maximum Gasteiger partial charge on any atom is 0.273 e. The first-order valence-corrected chi connectivity index (χ1v) is 13.6. The number of pyridine rings is 1. The van der Waals surface area contributed by atoms with E-state index in [9.17, 15) is 13.2 Å². The van der Waals surface area contributed by atoms with Crippen LogP contribution in [0.3, 0.4) is 0 Å². The van der Waals surface area contributed by atoms with Gasteiger partial charge in [-0.25, -0.2) is 12.7 Å². The summed E-state index contributed by atoms with van der Waals surface area (Å²) in [5.41, 5.74) is 1.46. The van der Waals surface area contributed by atoms with Crippen LogP contribution in [0.25, 0.3) is 10.8 Å². The van der Waals surface area contributed by atoms with Crippen LogP contribution < -0.4 is 0 Å². The Morgan fingerprint density at radius 1 is 1.06 bits per heavy atom. The molecule has 1 amide bonds. The van der Waals surface area contributed by atoms with E-state index in [1.54, 1.807) is 17.4 Å². The highest BCUT2D eigenvalue weighted by molar-refractivity contribution is 7.89. The third-order valence-electron chi connectivity index (χ3n) is 6.73. The van der Waals surface area contributed by atoms with Gasteiger partial charge >= 0.3 is 0 Å². The summed E-state index contributed by atoms with van der Waals surface area (Å²) in [4.78, 5) is 20.0. The lowest BCUT2D eigenvalue weighted by atomic mass is 10.0. The largest absolute Gasteiger partial charge is 0.330 e. The van der Waals surface area contributed by atoms with Crippen molar-refractivity contribution in [3.63, 3.8) is 0 Å². The maximum atomic E-state index is 13.7. The van der Waals surface area contributed by atoms with Gasteiger partial charge in [0, 0.05) is 37.3 Å². The normalized spacial score (nSPS) is 16.4. The molecule has 3 aromatic rings. The predicted octanol–water partition coefficient (Wildman–Crippen LogP) is 4.86. The number of carbonyl (C=O) groups is 1. The molecule has 0 aliphatic carbocycles. The van der Waals surface area contributed by atoms with Crippen LogP contribution in [0.15, 0.2) is 66.9 Å². The van der Waals surface area contributed by atoms with Crippen molar-refractivity contribution >= 4 is 26.7 Å². The highest BCUT2D eigenvalue weighted by atomic mass is 32.2. The first kappa shape index (κ1) is 24.4. The summed E-state index contributed by atoms with van der Waals surface area (Å²) < 4.78 is 27.5. The van der Waals surface area contributed by atoms with Gasteiger partial charge in [0.05, 0.1) is 5.25 Å². The van der Waals surface area contributed by atoms with E-state index in [2.05, 4.69) is 4.98 Å². The summed E-state index contributed by atoms with van der Waals surface area (Å²) in [6, 6.07) is 19.6. The van der Waals surface area contributed by atoms with Gasteiger partial charge in [0.25, 0.3) is 5.91 Å². The van der Waals surface area contributed by atoms with E-state index >= 15 is 0 Å². The summed E-state index contributed by atoms with van der Waals surface area (Å²) in [6.07, 6.45) is 4.48. The molecule has 7 heteroatoms. The Morgan fingerprint density at radius 2 is 1.71 bits per heavy atom. The van der Waals surface area contributed by atoms with Gasteiger partial charge in [-0.1, -0.05) is 67.9 Å². The monoisotopic (exact) mass is 479 g/mol. The van der Waals surface area contributed by atoms with Gasteiger partial charge in [-0.05, 0) is 43.2 Å². The van der Waals surface area contributed by atoms with E-state index in [-0.39, 0.29) is 17.2 Å². The zero-order valence-electron chi connectivity index (χ0n) is 19.9. The topological polar surface area (TPSA) is 70.6 Å². The number of hydrogen-bond acceptors (Lipinski definition) is 4. The lowest BCUT2D eigenvalue weighted by Crippen LogP contribution is -2.50. The van der Waals surface area contributed by atoms with Crippen molar-refractivity contribution in [2.24, 2.45) is 0 Å². The highest BCUT2D eigenvalue weighted by Crippen LogP contribution is 2.25. The SMILES string of the molecule is CCCC(C)S(=O)(=O)N1CCC(N(Cc2ccccc2)C(=O)c2cc3ccccc3cn2)CC1. The Hall–Kier alpha value is -2.77. The number of rotatable bonds is 8. The average molecular weight is 480 g/mol. The second-order valence-electron chi connectivity index (χ2n) is 9.11. The minimum atomic E-state index is -3.31. The lowest BCUT2D eigenvalue weighted by Gasteiger charge is -2.38. The number of hydrogen-bond donors (Lipinski definition) is 0. The molecule has 1 aromatic heterocycles. The Morgan fingerprint density at radius 3 is 2.38 bits per heavy atom. The van der Waals surface area contributed by atoms with Gasteiger partial charge < -0.3 is 4.90 Å². The van der Waals surface area contributed by atoms with Crippen LogP contribution in [0.1, 0.15) is 55.6 Å². The summed E-state index contributed by atoms with van der Waals surface area (Å²) >= 11 is 0. The molecule has 1 atom stereocenters. The van der Waals surface area contributed by atoms with Crippen LogP contribution in [-0.2, 0) is 16.6 Å². The number of nitrogens with zero attached hydrogens (tertiary/aromatic N) is 3. The quantitative estimate of drug-likeness (QED) is 0.463. The van der Waals surface area contributed by atoms with Crippen molar-refractivity contribution in [1.82, 2.24) is 14.2 Å². The number of aromatic nitrogens is 1. The molecule has 0 spiro atoms. The molecule has 1 aliphatic rings. The Labute approximate surface area is 202 Å². The fourth-order valence-corrected chi connectivity index (χ4v) is 6.48. The summed E-state index contributed by atoms with van der Waals surface area (Å²) in [5.74, 6) is -0.115. The minimum absolute atomic E-state index is 0.0473. The first-order chi connectivity index (χ1) is 16.4. The van der Waals surface area contributed by atoms with E-state index in [4.69, 9.17) is 0 Å². The minimum Gasteiger partial charge on any atom is -0.330 e. The molecule has 0 saturated carbocycles. The molecule has 1 fully saturated rings. The summed E-state index contributed by atoms with van der Waals surface area (Å²) in [6.45, 7) is 5.14. The van der Waals surface area contributed by atoms with Crippen LogP contribution in [-0.4, -0.2) is 52.9 Å². The van der Waals surface area contributed by atoms with Crippen molar-refractivity contribution in [1.29, 1.82) is 0 Å². The fraction of sp³-hybridized carbons (Fsp3) is 0.407. The van der Waals surface area contributed by atoms with Crippen LogP contribution in [0.2, 0.25) is 0 Å². The van der Waals surface area contributed by atoms with Crippen LogP contribution in [0.4, 0.5) is 0 Å². The van der Waals surface area contributed by atoms with Gasteiger partial charge in [0.15, 0.2) is 0 Å². The molecule has 180 valence electrons. The van der Waals surface area contributed by atoms with Crippen molar-refractivity contribution in [2.45, 2.75) is 57.4 Å². The van der Waals surface area contributed by atoms with E-state index in [0.29, 0.717) is 44.6 Å². The molecule has 0 N–H and O–H groups in total. The van der Waals surface area contributed by atoms with E-state index in [1.165, 1.54) is 0 Å². The van der Waals surface area contributed by atoms with Gasteiger partial charge in [-0.15, -0.1) is 0 Å². The molecular weight excluding hydrogens is 446 g/mol. The predicted molar refractivity (Wildman–Crippen MR) is 136 cm³/mol. The zero-order valence-corrected chi connectivity index (χ0v) is 20.7. The molecule has 6 nitrogen and oxygen atoms in total. The van der Waals surface area contributed by atoms with Crippen LogP contribution in [0.5, 0.6) is 0 Å². The highest BCUT2D eigenvalue weighted by Gasteiger charge is 2.35. The first-order valence-electron chi connectivity index (χ1n) is 12.1. The third-order valence-corrected chi connectivity index (χ3v) is 9.07. The van der Waals surface area contributed by atoms with Crippen molar-refractivity contribution < 1.29 is 13.2 Å². The lowest BCUT2D eigenvalue weighted by molar-refractivity contribution is 0.0590. The summed E-state index contributed by atoms with van der Waals surface area (Å²) in [5, 5.41) is 1.60. The molecule has 1 saturated heterocycles. The molecule has 1 unspecified atom stereocenters. The van der Waals surface area contributed by atoms with Crippen molar-refractivity contribution in [3.8, 4) is 0 Å². The Balaban J connectivity index is 1.56. The van der Waals surface area contributed by atoms with Gasteiger partial charge in [0.2, 0.25) is 10.0 Å². The number of carbonyl (C=O) groups excluding carboxylic acids is 1. The molecule has 2 aromatic carbocycles. The molecule has 0 radical (unpaired) electrons. The maximum absolute atomic E-state index is 13.7. The molecular formula is C27H33N3O3S. The second-order valence-corrected chi connectivity index (χ2v) is 11.5. The van der Waals surface area contributed by atoms with Gasteiger partial charge in [-0.2, -0.15) is 0 Å². The van der Waals surface area contributed by atoms with Crippen LogP contribution >= 0.6 is 0 Å². The van der Waals surface area contributed by atoms with Crippen LogP contribution in [0, 0.1) is 0 Å². The Bertz CT molecular complexity index is 1220. The van der Waals surface area contributed by atoms with E-state index < -0.39 is 10.0 Å². The standard InChI is InChI=1S/C27H33N3O3S/c1-3-9-21(2)34(32,33)29-16-14-25(15-17-29)30(20-22-10-5-4-6-11-22)27(31)26-18-23-12-7-8-13-24(23)19-28-26/h4-8,10-13,18-19,21,25H,3,9,14-17,20H2,1-2H3. The summed E-state index contributed by atoms with van der Waals surface area (Å²) in [7, 11) is -3.31. The molecule has 0 bridgehead atoms. The number of amides is 1. The second kappa shape index (κ2) is 10.7. The number of piperidine rings is 1. The van der Waals surface area contributed by atoms with Crippen molar-refractivity contribution in [2.75, 3.05) is 13.1 Å². The molecule has 2 heterocycles. The van der Waals surface area contributed by atoms with Gasteiger partial charge in [-0.3, -0.25) is 9.78 Å². The zero-order chi connectivity index (χ0) is 24.1. The van der Waals surface area contributed by atoms with Gasteiger partial charge in [0.1, 0.15) is 5.69 Å². The molecule has 34 heavy (non-hydrogen) atoms. The molecule has 1 aliphatic heterocycles. The van der Waals surface area contributed by atoms with Crippen molar-refractivity contribution in [3.05, 3.63) is 78.1 Å². The number of sulfonamides is 1. The number of benzene rings is 2. The smallest absolute Gasteiger partial charge is 0.273 e. The number of fused-ring (bicyclic) bond motifs is 1. The fourth-order valence-electron chi connectivity index (χ4n) is 4.71. The van der Waals surface area contributed by atoms with E-state index in [0.717, 1.165) is 22.8 Å². The Kier molecular flexibility index (Phi) is 7.63. The molecule has 4 rings (SSSR count). The third kappa shape index (κ3) is 5.31.